The highest BCUT2D eigenvalue weighted by atomic mass is 32.2. The van der Waals surface area contributed by atoms with Gasteiger partial charge in [-0.25, -0.2) is 22.1 Å². The van der Waals surface area contributed by atoms with Crippen LogP contribution in [0.2, 0.25) is 0 Å². The monoisotopic (exact) mass is 558 g/mol. The number of fused-ring (bicyclic) bond motifs is 1. The smallest absolute Gasteiger partial charge is 0.240 e. The van der Waals surface area contributed by atoms with Gasteiger partial charge in [-0.05, 0) is 55.5 Å². The fourth-order valence-electron chi connectivity index (χ4n) is 4.51. The summed E-state index contributed by atoms with van der Waals surface area (Å²) < 4.78 is 70.4. The third-order valence-electron chi connectivity index (χ3n) is 6.54. The first-order valence-electron chi connectivity index (χ1n) is 12.3. The molecule has 40 heavy (non-hydrogen) atoms. The van der Waals surface area contributed by atoms with Crippen molar-refractivity contribution in [1.82, 2.24) is 18.7 Å². The van der Waals surface area contributed by atoms with Gasteiger partial charge in [0, 0.05) is 11.8 Å². The molecule has 200 valence electrons. The van der Waals surface area contributed by atoms with Gasteiger partial charge in [-0.3, -0.25) is 0 Å². The van der Waals surface area contributed by atoms with Gasteiger partial charge in [0.25, 0.3) is 10.0 Å². The van der Waals surface area contributed by atoms with Crippen molar-refractivity contribution in [3.63, 3.8) is 0 Å². The fraction of sp³-hybridized carbons (Fsp3) is 0.0667. The number of imidazole rings is 1. The molecule has 10 heteroatoms. The molecule has 0 saturated carbocycles. The van der Waals surface area contributed by atoms with Crippen LogP contribution < -0.4 is 0 Å². The lowest BCUT2D eigenvalue weighted by molar-refractivity contribution is -0.137. The summed E-state index contributed by atoms with van der Waals surface area (Å²) in [6.07, 6.45) is -2.88. The highest BCUT2D eigenvalue weighted by molar-refractivity contribution is 7.90. The van der Waals surface area contributed by atoms with Crippen LogP contribution >= 0.6 is 0 Å². The van der Waals surface area contributed by atoms with E-state index in [9.17, 15) is 21.6 Å². The number of aromatic nitrogens is 4. The molecule has 0 saturated heterocycles. The predicted molar refractivity (Wildman–Crippen MR) is 146 cm³/mol. The number of halogens is 3. The quantitative estimate of drug-likeness (QED) is 0.226. The minimum absolute atomic E-state index is 0.0962. The van der Waals surface area contributed by atoms with E-state index in [1.54, 1.807) is 35.1 Å². The van der Waals surface area contributed by atoms with Gasteiger partial charge in [-0.15, -0.1) is 0 Å². The molecule has 6 nitrogen and oxygen atoms in total. The normalized spacial score (nSPS) is 12.2. The number of benzene rings is 4. The highest BCUT2D eigenvalue weighted by Gasteiger charge is 2.32. The number of aryl methyl sites for hydroxylation is 1. The molecule has 4 aromatic carbocycles. The van der Waals surface area contributed by atoms with Gasteiger partial charge in [0.1, 0.15) is 5.69 Å². The SMILES string of the molecule is Cc1ccc(-c2nn(-c3ccccc3)cc2-c2nc3ccccc3n2S(=O)(=O)c2ccc(C(F)(F)F)cc2)cc1. The molecule has 6 aromatic rings. The topological polar surface area (TPSA) is 69.8 Å². The van der Waals surface area contributed by atoms with Crippen molar-refractivity contribution in [2.75, 3.05) is 0 Å². The van der Waals surface area contributed by atoms with Gasteiger partial charge in [0.2, 0.25) is 0 Å². The Bertz CT molecular complexity index is 1940. The molecule has 0 spiro atoms. The summed E-state index contributed by atoms with van der Waals surface area (Å²) in [6.45, 7) is 1.96. The van der Waals surface area contributed by atoms with Gasteiger partial charge in [0.15, 0.2) is 5.82 Å². The first-order valence-corrected chi connectivity index (χ1v) is 13.7. The standard InChI is InChI=1S/C30H21F3N4O2S/c1-20-11-13-21(14-12-20)28-25(19-36(35-28)23-7-3-2-4-8-23)29-34-26-9-5-6-10-27(26)37(29)40(38,39)24-17-15-22(16-18-24)30(31,32)33/h2-19H,1H3. The van der Waals surface area contributed by atoms with Gasteiger partial charge in [0.05, 0.1) is 32.7 Å². The number of alkyl halides is 3. The van der Waals surface area contributed by atoms with Crippen molar-refractivity contribution in [2.45, 2.75) is 18.0 Å². The van der Waals surface area contributed by atoms with E-state index in [1.807, 2.05) is 61.5 Å². The predicted octanol–water partition coefficient (Wildman–Crippen LogP) is 7.12. The Hall–Kier alpha value is -4.70. The molecule has 0 bridgehead atoms. The second-order valence-corrected chi connectivity index (χ2v) is 11.0. The second kappa shape index (κ2) is 9.49. The molecule has 0 atom stereocenters. The minimum Gasteiger partial charge on any atom is -0.240 e. The van der Waals surface area contributed by atoms with E-state index < -0.39 is 21.8 Å². The maximum Gasteiger partial charge on any atom is 0.416 e. The second-order valence-electron chi connectivity index (χ2n) is 9.25. The van der Waals surface area contributed by atoms with Crippen molar-refractivity contribution in [3.8, 4) is 28.3 Å². The average Bonchev–Trinajstić information content (AvgIpc) is 3.56. The van der Waals surface area contributed by atoms with Crippen molar-refractivity contribution in [2.24, 2.45) is 0 Å². The molecule has 0 aliphatic carbocycles. The lowest BCUT2D eigenvalue weighted by Crippen LogP contribution is -2.15. The Morgan fingerprint density at radius 2 is 1.43 bits per heavy atom. The van der Waals surface area contributed by atoms with Crippen molar-refractivity contribution in [1.29, 1.82) is 0 Å². The summed E-state index contributed by atoms with van der Waals surface area (Å²) >= 11 is 0. The Morgan fingerprint density at radius 1 is 0.775 bits per heavy atom. The Balaban J connectivity index is 1.61. The summed E-state index contributed by atoms with van der Waals surface area (Å²) in [5, 5.41) is 4.80. The van der Waals surface area contributed by atoms with Crippen LogP contribution in [0.15, 0.2) is 114 Å². The van der Waals surface area contributed by atoms with Crippen LogP contribution in [0.4, 0.5) is 13.2 Å². The van der Waals surface area contributed by atoms with E-state index in [4.69, 9.17) is 10.1 Å². The van der Waals surface area contributed by atoms with E-state index >= 15 is 0 Å². The molecule has 2 heterocycles. The number of rotatable bonds is 5. The molecular formula is C30H21F3N4O2S. The summed E-state index contributed by atoms with van der Waals surface area (Å²) in [5.74, 6) is 0.0962. The number of hydrogen-bond donors (Lipinski definition) is 0. The van der Waals surface area contributed by atoms with Gasteiger partial charge in [-0.1, -0.05) is 60.2 Å². The highest BCUT2D eigenvalue weighted by Crippen LogP contribution is 2.36. The molecule has 0 fully saturated rings. The lowest BCUT2D eigenvalue weighted by atomic mass is 10.1. The zero-order chi connectivity index (χ0) is 28.1. The Labute approximate surface area is 228 Å². The van der Waals surface area contributed by atoms with E-state index in [-0.39, 0.29) is 10.7 Å². The maximum absolute atomic E-state index is 14.0. The van der Waals surface area contributed by atoms with E-state index in [2.05, 4.69) is 0 Å². The number of para-hydroxylation sites is 3. The minimum atomic E-state index is -4.59. The summed E-state index contributed by atoms with van der Waals surface area (Å²) in [7, 11) is -4.37. The molecular weight excluding hydrogens is 537 g/mol. The number of nitrogens with zero attached hydrogens (tertiary/aromatic N) is 4. The van der Waals surface area contributed by atoms with E-state index in [0.717, 1.165) is 45.1 Å². The molecule has 0 aliphatic rings. The molecule has 0 unspecified atom stereocenters. The van der Waals surface area contributed by atoms with Crippen LogP contribution in [0.1, 0.15) is 11.1 Å². The first-order chi connectivity index (χ1) is 19.1. The molecule has 6 rings (SSSR count). The Morgan fingerprint density at radius 3 is 2.10 bits per heavy atom. The maximum atomic E-state index is 14.0. The first kappa shape index (κ1) is 25.6. The van der Waals surface area contributed by atoms with Gasteiger partial charge >= 0.3 is 6.18 Å². The number of hydrogen-bond acceptors (Lipinski definition) is 4. The molecule has 2 aromatic heterocycles. The zero-order valence-electron chi connectivity index (χ0n) is 21.0. The van der Waals surface area contributed by atoms with Crippen molar-refractivity contribution < 1.29 is 21.6 Å². The van der Waals surface area contributed by atoms with E-state index in [1.165, 1.54) is 0 Å². The molecule has 0 amide bonds. The van der Waals surface area contributed by atoms with Crippen molar-refractivity contribution >= 4 is 21.1 Å². The third kappa shape index (κ3) is 4.46. The zero-order valence-corrected chi connectivity index (χ0v) is 21.9. The summed E-state index contributed by atoms with van der Waals surface area (Å²) in [4.78, 5) is 4.40. The summed E-state index contributed by atoms with van der Waals surface area (Å²) in [5.41, 5.74) is 3.27. The summed E-state index contributed by atoms with van der Waals surface area (Å²) in [6, 6.07) is 27.2. The third-order valence-corrected chi connectivity index (χ3v) is 8.26. The van der Waals surface area contributed by atoms with Crippen LogP contribution in [-0.2, 0) is 16.2 Å². The fourth-order valence-corrected chi connectivity index (χ4v) is 5.98. The van der Waals surface area contributed by atoms with Crippen LogP contribution in [0.25, 0.3) is 39.4 Å². The van der Waals surface area contributed by atoms with E-state index in [0.29, 0.717) is 22.3 Å². The lowest BCUT2D eigenvalue weighted by Gasteiger charge is -2.12. The van der Waals surface area contributed by atoms with Crippen LogP contribution in [0.5, 0.6) is 0 Å². The van der Waals surface area contributed by atoms with Crippen LogP contribution in [0, 0.1) is 6.92 Å². The Kier molecular flexibility index (Phi) is 6.07. The van der Waals surface area contributed by atoms with Crippen LogP contribution in [-0.4, -0.2) is 27.2 Å². The molecule has 0 aliphatic heterocycles. The van der Waals surface area contributed by atoms with Gasteiger partial charge in [-0.2, -0.15) is 18.3 Å². The molecule has 0 radical (unpaired) electrons. The van der Waals surface area contributed by atoms with Gasteiger partial charge < -0.3 is 0 Å². The van der Waals surface area contributed by atoms with Crippen molar-refractivity contribution in [3.05, 3.63) is 120 Å². The average molecular weight is 559 g/mol. The molecule has 0 N–H and O–H groups in total. The van der Waals surface area contributed by atoms with Crippen LogP contribution in [0.3, 0.4) is 0 Å². The largest absolute Gasteiger partial charge is 0.416 e.